The number of hydrogen-bond acceptors (Lipinski definition) is 3. The van der Waals surface area contributed by atoms with Crippen molar-refractivity contribution >= 4 is 12.0 Å². The standard InChI is InChI=1S/C11H16N4/c1-3-10-12-11(13-14(10)2)15-6-8-4-5-9(8)7-15/h3,8-9H,1,4-7H2,2H3. The minimum Gasteiger partial charge on any atom is -0.339 e. The summed E-state index contributed by atoms with van der Waals surface area (Å²) in [5.74, 6) is 3.54. The van der Waals surface area contributed by atoms with Crippen LogP contribution in [0.5, 0.6) is 0 Å². The van der Waals surface area contributed by atoms with E-state index in [-0.39, 0.29) is 0 Å². The molecule has 1 saturated heterocycles. The van der Waals surface area contributed by atoms with Gasteiger partial charge in [0.1, 0.15) is 0 Å². The lowest BCUT2D eigenvalue weighted by Crippen LogP contribution is -2.22. The lowest BCUT2D eigenvalue weighted by molar-refractivity contribution is 0.243. The summed E-state index contributed by atoms with van der Waals surface area (Å²) in [6.45, 7) is 6.02. The van der Waals surface area contributed by atoms with E-state index in [1.54, 1.807) is 10.8 Å². The van der Waals surface area contributed by atoms with Crippen molar-refractivity contribution in [3.8, 4) is 0 Å². The SMILES string of the molecule is C=Cc1nc(N2CC3CCC3C2)nn1C. The second-order valence-corrected chi connectivity index (χ2v) is 4.60. The van der Waals surface area contributed by atoms with E-state index in [0.717, 1.165) is 36.7 Å². The van der Waals surface area contributed by atoms with Gasteiger partial charge in [-0.1, -0.05) is 6.58 Å². The number of nitrogens with zero attached hydrogens (tertiary/aromatic N) is 4. The van der Waals surface area contributed by atoms with Gasteiger partial charge in [0, 0.05) is 20.1 Å². The molecule has 1 aromatic rings. The average Bonchev–Trinajstić information content (AvgIpc) is 2.69. The number of aromatic nitrogens is 3. The summed E-state index contributed by atoms with van der Waals surface area (Å²) in [5.41, 5.74) is 0. The summed E-state index contributed by atoms with van der Waals surface area (Å²) < 4.78 is 1.79. The van der Waals surface area contributed by atoms with Crippen molar-refractivity contribution in [1.29, 1.82) is 0 Å². The van der Waals surface area contributed by atoms with Crippen LogP contribution in [0, 0.1) is 11.8 Å². The van der Waals surface area contributed by atoms with Crippen LogP contribution in [0.1, 0.15) is 18.7 Å². The van der Waals surface area contributed by atoms with Crippen LogP contribution in [0.4, 0.5) is 5.95 Å². The normalized spacial score (nSPS) is 28.7. The number of hydrogen-bond donors (Lipinski definition) is 0. The van der Waals surface area contributed by atoms with Crippen molar-refractivity contribution in [2.75, 3.05) is 18.0 Å². The van der Waals surface area contributed by atoms with E-state index in [9.17, 15) is 0 Å². The van der Waals surface area contributed by atoms with Gasteiger partial charge in [0.15, 0.2) is 5.82 Å². The Bertz CT molecular complexity index is 383. The Labute approximate surface area is 89.6 Å². The van der Waals surface area contributed by atoms with Gasteiger partial charge in [0.25, 0.3) is 0 Å². The molecule has 0 amide bonds. The fourth-order valence-electron chi connectivity index (χ4n) is 2.62. The highest BCUT2D eigenvalue weighted by molar-refractivity contribution is 5.42. The first-order valence-electron chi connectivity index (χ1n) is 5.56. The zero-order valence-electron chi connectivity index (χ0n) is 9.06. The van der Waals surface area contributed by atoms with Gasteiger partial charge in [0.05, 0.1) is 0 Å². The molecule has 0 bridgehead atoms. The zero-order valence-corrected chi connectivity index (χ0v) is 9.06. The highest BCUT2D eigenvalue weighted by Crippen LogP contribution is 2.41. The third-order valence-corrected chi connectivity index (χ3v) is 3.74. The van der Waals surface area contributed by atoms with E-state index < -0.39 is 0 Å². The molecule has 80 valence electrons. The van der Waals surface area contributed by atoms with E-state index in [4.69, 9.17) is 0 Å². The molecule has 1 saturated carbocycles. The Hall–Kier alpha value is -1.32. The van der Waals surface area contributed by atoms with Gasteiger partial charge >= 0.3 is 0 Å². The molecule has 2 fully saturated rings. The van der Waals surface area contributed by atoms with Gasteiger partial charge in [-0.2, -0.15) is 4.98 Å². The first-order chi connectivity index (χ1) is 7.28. The fraction of sp³-hybridized carbons (Fsp3) is 0.636. The molecule has 1 aliphatic carbocycles. The van der Waals surface area contributed by atoms with Crippen LogP contribution in [-0.4, -0.2) is 27.9 Å². The molecule has 0 radical (unpaired) electrons. The molecular formula is C11H16N4. The van der Waals surface area contributed by atoms with Crippen LogP contribution >= 0.6 is 0 Å². The van der Waals surface area contributed by atoms with E-state index in [2.05, 4.69) is 21.6 Å². The minimum absolute atomic E-state index is 0.851. The summed E-state index contributed by atoms with van der Waals surface area (Å²) in [5, 5.41) is 4.42. The molecule has 4 heteroatoms. The summed E-state index contributed by atoms with van der Waals surface area (Å²) in [7, 11) is 1.91. The Balaban J connectivity index is 1.83. The van der Waals surface area contributed by atoms with Crippen molar-refractivity contribution in [3.63, 3.8) is 0 Å². The molecule has 15 heavy (non-hydrogen) atoms. The molecule has 2 aliphatic rings. The summed E-state index contributed by atoms with van der Waals surface area (Å²) in [4.78, 5) is 6.78. The monoisotopic (exact) mass is 204 g/mol. The molecule has 2 unspecified atom stereocenters. The van der Waals surface area contributed by atoms with Crippen molar-refractivity contribution < 1.29 is 0 Å². The first-order valence-corrected chi connectivity index (χ1v) is 5.56. The number of rotatable bonds is 2. The molecule has 1 aliphatic heterocycles. The second kappa shape index (κ2) is 3.08. The van der Waals surface area contributed by atoms with Gasteiger partial charge in [-0.05, 0) is 30.8 Å². The van der Waals surface area contributed by atoms with Crippen LogP contribution in [-0.2, 0) is 7.05 Å². The maximum Gasteiger partial charge on any atom is 0.245 e. The molecule has 1 aromatic heterocycles. The highest BCUT2D eigenvalue weighted by Gasteiger charge is 2.40. The van der Waals surface area contributed by atoms with E-state index in [0.29, 0.717) is 0 Å². The molecular weight excluding hydrogens is 188 g/mol. The van der Waals surface area contributed by atoms with E-state index in [1.165, 1.54) is 12.8 Å². The van der Waals surface area contributed by atoms with Crippen molar-refractivity contribution in [2.45, 2.75) is 12.8 Å². The number of anilines is 1. The number of aryl methyl sites for hydroxylation is 1. The highest BCUT2D eigenvalue weighted by atomic mass is 15.4. The summed E-state index contributed by atoms with van der Waals surface area (Å²) >= 11 is 0. The fourth-order valence-corrected chi connectivity index (χ4v) is 2.62. The largest absolute Gasteiger partial charge is 0.339 e. The van der Waals surface area contributed by atoms with E-state index >= 15 is 0 Å². The Morgan fingerprint density at radius 1 is 1.33 bits per heavy atom. The lowest BCUT2D eigenvalue weighted by atomic mass is 9.77. The molecule has 2 heterocycles. The van der Waals surface area contributed by atoms with Crippen LogP contribution < -0.4 is 4.90 Å². The molecule has 0 N–H and O–H groups in total. The smallest absolute Gasteiger partial charge is 0.245 e. The number of fused-ring (bicyclic) bond motifs is 1. The van der Waals surface area contributed by atoms with Gasteiger partial charge in [-0.25, -0.2) is 4.68 Å². The Morgan fingerprint density at radius 3 is 2.47 bits per heavy atom. The van der Waals surface area contributed by atoms with E-state index in [1.807, 2.05) is 7.05 Å². The zero-order chi connectivity index (χ0) is 10.4. The first kappa shape index (κ1) is 8.95. The van der Waals surface area contributed by atoms with Crippen LogP contribution in [0.2, 0.25) is 0 Å². The minimum atomic E-state index is 0.851. The predicted molar refractivity (Wildman–Crippen MR) is 59.5 cm³/mol. The van der Waals surface area contributed by atoms with Crippen molar-refractivity contribution in [1.82, 2.24) is 14.8 Å². The average molecular weight is 204 g/mol. The van der Waals surface area contributed by atoms with Gasteiger partial charge in [-0.3, -0.25) is 0 Å². The maximum absolute atomic E-state index is 4.47. The molecule has 3 rings (SSSR count). The molecule has 0 spiro atoms. The van der Waals surface area contributed by atoms with Gasteiger partial charge in [0.2, 0.25) is 5.95 Å². The quantitative estimate of drug-likeness (QED) is 0.728. The lowest BCUT2D eigenvalue weighted by Gasteiger charge is -2.27. The third kappa shape index (κ3) is 1.28. The van der Waals surface area contributed by atoms with Gasteiger partial charge in [-0.15, -0.1) is 5.10 Å². The summed E-state index contributed by atoms with van der Waals surface area (Å²) in [6.07, 6.45) is 4.53. The van der Waals surface area contributed by atoms with Crippen LogP contribution in [0.15, 0.2) is 6.58 Å². The predicted octanol–water partition coefficient (Wildman–Crippen LogP) is 1.30. The maximum atomic E-state index is 4.47. The topological polar surface area (TPSA) is 34.0 Å². The van der Waals surface area contributed by atoms with Crippen LogP contribution in [0.25, 0.3) is 6.08 Å². The van der Waals surface area contributed by atoms with Crippen molar-refractivity contribution in [2.24, 2.45) is 18.9 Å². The van der Waals surface area contributed by atoms with Gasteiger partial charge < -0.3 is 4.90 Å². The summed E-state index contributed by atoms with van der Waals surface area (Å²) in [6, 6.07) is 0. The van der Waals surface area contributed by atoms with Crippen LogP contribution in [0.3, 0.4) is 0 Å². The molecule has 0 aromatic carbocycles. The Kier molecular flexibility index (Phi) is 1.84. The Morgan fingerprint density at radius 2 is 2.00 bits per heavy atom. The molecule has 4 nitrogen and oxygen atoms in total. The van der Waals surface area contributed by atoms with Crippen molar-refractivity contribution in [3.05, 3.63) is 12.4 Å². The third-order valence-electron chi connectivity index (χ3n) is 3.74. The molecule has 2 atom stereocenters. The second-order valence-electron chi connectivity index (χ2n) is 4.60.